The van der Waals surface area contributed by atoms with Gasteiger partial charge in [-0.25, -0.2) is 4.79 Å². The molecule has 0 saturated carbocycles. The Morgan fingerprint density at radius 3 is 2.50 bits per heavy atom. The van der Waals surface area contributed by atoms with E-state index in [0.29, 0.717) is 11.4 Å². The maximum Gasteiger partial charge on any atom is 0.416 e. The molecule has 0 aliphatic carbocycles. The summed E-state index contributed by atoms with van der Waals surface area (Å²) in [5.74, 6) is -0.869. The van der Waals surface area contributed by atoms with Crippen molar-refractivity contribution in [3.05, 3.63) is 65.7 Å². The first-order chi connectivity index (χ1) is 13.2. The van der Waals surface area contributed by atoms with Crippen molar-refractivity contribution >= 4 is 23.6 Å². The summed E-state index contributed by atoms with van der Waals surface area (Å²) in [6, 6.07) is 11.1. The number of nitrogens with one attached hydrogen (secondary N) is 1. The number of esters is 1. The molecule has 0 saturated heterocycles. The minimum absolute atomic E-state index is 0.181. The Balaban J connectivity index is 1.94. The summed E-state index contributed by atoms with van der Waals surface area (Å²) in [5, 5.41) is 2.57. The lowest BCUT2D eigenvalue weighted by atomic mass is 10.1. The van der Waals surface area contributed by atoms with Crippen molar-refractivity contribution in [1.82, 2.24) is 0 Å². The molecule has 0 unspecified atom stereocenters. The van der Waals surface area contributed by atoms with Crippen LogP contribution >= 0.6 is 0 Å². The van der Waals surface area contributed by atoms with Gasteiger partial charge in [0.05, 0.1) is 12.7 Å². The van der Waals surface area contributed by atoms with Gasteiger partial charge >= 0.3 is 12.1 Å². The van der Waals surface area contributed by atoms with E-state index in [0.717, 1.165) is 18.2 Å². The molecule has 0 bridgehead atoms. The molecule has 2 aromatic rings. The molecule has 0 fully saturated rings. The monoisotopic (exact) mass is 393 g/mol. The van der Waals surface area contributed by atoms with E-state index >= 15 is 0 Å². The second-order valence-corrected chi connectivity index (χ2v) is 5.76. The molecule has 28 heavy (non-hydrogen) atoms. The third-order valence-corrected chi connectivity index (χ3v) is 3.63. The molecule has 8 heteroatoms. The van der Waals surface area contributed by atoms with Crippen LogP contribution in [0.3, 0.4) is 0 Å². The van der Waals surface area contributed by atoms with Gasteiger partial charge in [0.1, 0.15) is 5.75 Å². The van der Waals surface area contributed by atoms with Crippen molar-refractivity contribution in [3.63, 3.8) is 0 Å². The van der Waals surface area contributed by atoms with E-state index < -0.39 is 29.7 Å². The van der Waals surface area contributed by atoms with Crippen LogP contribution in [0.5, 0.6) is 5.75 Å². The maximum atomic E-state index is 12.7. The molecule has 1 amide bonds. The summed E-state index contributed by atoms with van der Waals surface area (Å²) < 4.78 is 48.1. The van der Waals surface area contributed by atoms with Gasteiger partial charge in [-0.15, -0.1) is 0 Å². The molecule has 2 rings (SSSR count). The summed E-state index contributed by atoms with van der Waals surface area (Å²) >= 11 is 0. The van der Waals surface area contributed by atoms with Crippen molar-refractivity contribution in [2.24, 2.45) is 0 Å². The Labute approximate surface area is 159 Å². The molecule has 2 aromatic carbocycles. The Kier molecular flexibility index (Phi) is 6.81. The number of hydrogen-bond donors (Lipinski definition) is 1. The van der Waals surface area contributed by atoms with Crippen LogP contribution in [0.2, 0.25) is 0 Å². The zero-order valence-electron chi connectivity index (χ0n) is 15.1. The Bertz CT molecular complexity index is 878. The SMILES string of the molecule is COc1cccc(NC(=O)[C@@H](C)OC(=O)/C=C/c2cccc(C(F)(F)F)c2)c1. The summed E-state index contributed by atoms with van der Waals surface area (Å²) in [4.78, 5) is 23.9. The lowest BCUT2D eigenvalue weighted by Crippen LogP contribution is -2.29. The zero-order chi connectivity index (χ0) is 20.7. The quantitative estimate of drug-likeness (QED) is 0.587. The average Bonchev–Trinajstić information content (AvgIpc) is 2.66. The van der Waals surface area contributed by atoms with Crippen LogP contribution in [0.15, 0.2) is 54.6 Å². The van der Waals surface area contributed by atoms with E-state index in [1.807, 2.05) is 0 Å². The predicted octanol–water partition coefficient (Wildman–Crippen LogP) is 4.30. The van der Waals surface area contributed by atoms with Crippen LogP contribution in [0, 0.1) is 0 Å². The fourth-order valence-corrected chi connectivity index (χ4v) is 2.19. The number of halogens is 3. The van der Waals surface area contributed by atoms with E-state index in [1.54, 1.807) is 24.3 Å². The second-order valence-electron chi connectivity index (χ2n) is 5.76. The minimum Gasteiger partial charge on any atom is -0.497 e. The largest absolute Gasteiger partial charge is 0.497 e. The molecule has 1 N–H and O–H groups in total. The minimum atomic E-state index is -4.48. The molecule has 0 aromatic heterocycles. The number of methoxy groups -OCH3 is 1. The van der Waals surface area contributed by atoms with E-state index in [4.69, 9.17) is 9.47 Å². The number of anilines is 1. The van der Waals surface area contributed by atoms with Gasteiger partial charge in [-0.05, 0) is 42.8 Å². The second kappa shape index (κ2) is 9.07. The van der Waals surface area contributed by atoms with Gasteiger partial charge in [0.25, 0.3) is 5.91 Å². The van der Waals surface area contributed by atoms with Gasteiger partial charge in [-0.3, -0.25) is 4.79 Å². The number of ether oxygens (including phenoxy) is 2. The number of rotatable bonds is 6. The van der Waals surface area contributed by atoms with Gasteiger partial charge in [0.15, 0.2) is 6.10 Å². The average molecular weight is 393 g/mol. The Hall–Kier alpha value is -3.29. The van der Waals surface area contributed by atoms with Crippen molar-refractivity contribution in [3.8, 4) is 5.75 Å². The first kappa shape index (κ1) is 21.0. The highest BCUT2D eigenvalue weighted by molar-refractivity contribution is 5.96. The molecule has 0 heterocycles. The Morgan fingerprint density at radius 2 is 1.82 bits per heavy atom. The molecule has 0 spiro atoms. The van der Waals surface area contributed by atoms with Gasteiger partial charge in [0.2, 0.25) is 0 Å². The topological polar surface area (TPSA) is 64.6 Å². The summed E-state index contributed by atoms with van der Waals surface area (Å²) in [6.45, 7) is 1.38. The van der Waals surface area contributed by atoms with Gasteiger partial charge in [0, 0.05) is 17.8 Å². The first-order valence-corrected chi connectivity index (χ1v) is 8.20. The number of carbonyl (C=O) groups is 2. The number of amides is 1. The van der Waals surface area contributed by atoms with Crippen LogP contribution in [-0.4, -0.2) is 25.1 Å². The normalized spacial score (nSPS) is 12.5. The number of alkyl halides is 3. The molecule has 1 atom stereocenters. The maximum absolute atomic E-state index is 12.7. The lowest BCUT2D eigenvalue weighted by molar-refractivity contribution is -0.148. The van der Waals surface area contributed by atoms with Crippen molar-refractivity contribution < 1.29 is 32.2 Å². The summed E-state index contributed by atoms with van der Waals surface area (Å²) in [7, 11) is 1.49. The molecule has 0 radical (unpaired) electrons. The molecule has 0 aliphatic rings. The fraction of sp³-hybridized carbons (Fsp3) is 0.200. The number of hydrogen-bond acceptors (Lipinski definition) is 4. The van der Waals surface area contributed by atoms with Gasteiger partial charge in [-0.2, -0.15) is 13.2 Å². The highest BCUT2D eigenvalue weighted by atomic mass is 19.4. The smallest absolute Gasteiger partial charge is 0.416 e. The van der Waals surface area contributed by atoms with Crippen molar-refractivity contribution in [2.75, 3.05) is 12.4 Å². The predicted molar refractivity (Wildman–Crippen MR) is 97.7 cm³/mol. The van der Waals surface area contributed by atoms with Crippen molar-refractivity contribution in [2.45, 2.75) is 19.2 Å². The fourth-order valence-electron chi connectivity index (χ4n) is 2.19. The number of carbonyl (C=O) groups excluding carboxylic acids is 2. The van der Waals surface area contributed by atoms with Crippen LogP contribution in [0.1, 0.15) is 18.1 Å². The van der Waals surface area contributed by atoms with Gasteiger partial charge < -0.3 is 14.8 Å². The number of benzene rings is 2. The van der Waals surface area contributed by atoms with E-state index in [2.05, 4.69) is 5.32 Å². The highest BCUT2D eigenvalue weighted by Crippen LogP contribution is 2.29. The standard InChI is InChI=1S/C20H18F3NO4/c1-13(19(26)24-16-7-4-8-17(12-16)27-2)28-18(25)10-9-14-5-3-6-15(11-14)20(21,22)23/h3-13H,1-2H3,(H,24,26)/b10-9+/t13-/m1/s1. The molecule has 5 nitrogen and oxygen atoms in total. The molecule has 148 valence electrons. The third-order valence-electron chi connectivity index (χ3n) is 3.63. The third kappa shape index (κ3) is 6.15. The van der Waals surface area contributed by atoms with Crippen LogP contribution in [-0.2, 0) is 20.5 Å². The molecule has 0 aliphatic heterocycles. The van der Waals surface area contributed by atoms with E-state index in [1.165, 1.54) is 32.2 Å². The highest BCUT2D eigenvalue weighted by Gasteiger charge is 2.30. The van der Waals surface area contributed by atoms with Crippen molar-refractivity contribution in [1.29, 1.82) is 0 Å². The lowest BCUT2D eigenvalue weighted by Gasteiger charge is -2.13. The summed E-state index contributed by atoms with van der Waals surface area (Å²) in [5.41, 5.74) is -0.180. The van der Waals surface area contributed by atoms with E-state index in [9.17, 15) is 22.8 Å². The Morgan fingerprint density at radius 1 is 1.11 bits per heavy atom. The van der Waals surface area contributed by atoms with Crippen LogP contribution < -0.4 is 10.1 Å². The zero-order valence-corrected chi connectivity index (χ0v) is 15.1. The van der Waals surface area contributed by atoms with Crippen LogP contribution in [0.4, 0.5) is 18.9 Å². The molecular formula is C20H18F3NO4. The first-order valence-electron chi connectivity index (χ1n) is 8.20. The van der Waals surface area contributed by atoms with E-state index in [-0.39, 0.29) is 5.56 Å². The molecular weight excluding hydrogens is 375 g/mol. The van der Waals surface area contributed by atoms with Gasteiger partial charge in [-0.1, -0.05) is 18.2 Å². The van der Waals surface area contributed by atoms with Crippen LogP contribution in [0.25, 0.3) is 6.08 Å². The summed E-state index contributed by atoms with van der Waals surface area (Å²) in [6.07, 6.45) is -3.43.